The van der Waals surface area contributed by atoms with E-state index in [9.17, 15) is 9.59 Å². The number of carbonyl (C=O) groups excluding carboxylic acids is 2. The fourth-order valence-electron chi connectivity index (χ4n) is 2.13. The van der Waals surface area contributed by atoms with Gasteiger partial charge in [0.2, 0.25) is 5.91 Å². The van der Waals surface area contributed by atoms with Gasteiger partial charge in [0.05, 0.1) is 12.2 Å². The number of anilines is 2. The van der Waals surface area contributed by atoms with Gasteiger partial charge in [0, 0.05) is 11.3 Å². The molecule has 0 aliphatic rings. The molecule has 0 aliphatic carbocycles. The third kappa shape index (κ3) is 3.95. The Bertz CT molecular complexity index is 708. The maximum Gasteiger partial charge on any atom is 0.243 e. The lowest BCUT2D eigenvalue weighted by Crippen LogP contribution is -2.22. The van der Waals surface area contributed by atoms with Crippen LogP contribution in [0.4, 0.5) is 11.4 Å². The molecule has 0 fully saturated rings. The number of benzene rings is 2. The van der Waals surface area contributed by atoms with Gasteiger partial charge in [-0.15, -0.1) is 0 Å². The maximum atomic E-state index is 12.0. The van der Waals surface area contributed by atoms with E-state index in [0.29, 0.717) is 11.3 Å². The van der Waals surface area contributed by atoms with Crippen molar-refractivity contribution in [2.24, 2.45) is 0 Å². The van der Waals surface area contributed by atoms with E-state index in [-0.39, 0.29) is 18.2 Å². The van der Waals surface area contributed by atoms with Gasteiger partial charge in [0.25, 0.3) is 0 Å². The van der Waals surface area contributed by atoms with Crippen LogP contribution < -0.4 is 10.6 Å². The van der Waals surface area contributed by atoms with E-state index in [4.69, 9.17) is 0 Å². The zero-order valence-corrected chi connectivity index (χ0v) is 13.1. The van der Waals surface area contributed by atoms with E-state index >= 15 is 0 Å². The Labute approximate surface area is 130 Å². The first-order valence-electron chi connectivity index (χ1n) is 7.18. The SMILES string of the molecule is CC(=O)c1ccccc1NC(=O)CNc1ccc(C)c(C)c1. The summed E-state index contributed by atoms with van der Waals surface area (Å²) < 4.78 is 0. The number of hydrogen-bond acceptors (Lipinski definition) is 3. The quantitative estimate of drug-likeness (QED) is 0.829. The number of carbonyl (C=O) groups is 2. The number of nitrogens with one attached hydrogen (secondary N) is 2. The summed E-state index contributed by atoms with van der Waals surface area (Å²) in [5.41, 5.74) is 4.35. The molecular formula is C18H20N2O2. The van der Waals surface area contributed by atoms with Crippen molar-refractivity contribution in [3.8, 4) is 0 Å². The molecule has 114 valence electrons. The minimum absolute atomic E-state index is 0.0713. The molecule has 2 aromatic carbocycles. The largest absolute Gasteiger partial charge is 0.376 e. The molecular weight excluding hydrogens is 276 g/mol. The number of rotatable bonds is 5. The van der Waals surface area contributed by atoms with Crippen LogP contribution in [0.3, 0.4) is 0 Å². The van der Waals surface area contributed by atoms with Crippen molar-refractivity contribution in [3.63, 3.8) is 0 Å². The van der Waals surface area contributed by atoms with Gasteiger partial charge in [-0.25, -0.2) is 0 Å². The predicted molar refractivity (Wildman–Crippen MR) is 89.5 cm³/mol. The van der Waals surface area contributed by atoms with Crippen molar-refractivity contribution in [3.05, 3.63) is 59.2 Å². The van der Waals surface area contributed by atoms with Crippen molar-refractivity contribution in [2.75, 3.05) is 17.2 Å². The first-order valence-corrected chi connectivity index (χ1v) is 7.18. The van der Waals surface area contributed by atoms with E-state index in [1.807, 2.05) is 32.0 Å². The van der Waals surface area contributed by atoms with Gasteiger partial charge in [0.15, 0.2) is 5.78 Å². The smallest absolute Gasteiger partial charge is 0.243 e. The summed E-state index contributed by atoms with van der Waals surface area (Å²) in [6.45, 7) is 5.71. The number of ketones is 1. The maximum absolute atomic E-state index is 12.0. The highest BCUT2D eigenvalue weighted by Crippen LogP contribution is 2.16. The Balaban J connectivity index is 1.99. The molecule has 0 bridgehead atoms. The van der Waals surface area contributed by atoms with Crippen LogP contribution in [0.15, 0.2) is 42.5 Å². The number of amides is 1. The van der Waals surface area contributed by atoms with E-state index in [0.717, 1.165) is 5.69 Å². The first-order chi connectivity index (χ1) is 10.5. The van der Waals surface area contributed by atoms with Crippen LogP contribution in [0.2, 0.25) is 0 Å². The van der Waals surface area contributed by atoms with E-state index in [1.54, 1.807) is 24.3 Å². The second-order valence-electron chi connectivity index (χ2n) is 5.30. The van der Waals surface area contributed by atoms with Crippen LogP contribution in [-0.4, -0.2) is 18.2 Å². The van der Waals surface area contributed by atoms with Crippen LogP contribution in [0.5, 0.6) is 0 Å². The van der Waals surface area contributed by atoms with E-state index < -0.39 is 0 Å². The van der Waals surface area contributed by atoms with Crippen molar-refractivity contribution < 1.29 is 9.59 Å². The summed E-state index contributed by atoms with van der Waals surface area (Å²) in [4.78, 5) is 23.6. The summed E-state index contributed by atoms with van der Waals surface area (Å²) in [6.07, 6.45) is 0. The molecule has 0 spiro atoms. The average molecular weight is 296 g/mol. The highest BCUT2D eigenvalue weighted by Gasteiger charge is 2.09. The fourth-order valence-corrected chi connectivity index (χ4v) is 2.13. The molecule has 0 atom stereocenters. The Morgan fingerprint density at radius 2 is 1.73 bits per heavy atom. The van der Waals surface area contributed by atoms with E-state index in [2.05, 4.69) is 10.6 Å². The lowest BCUT2D eigenvalue weighted by atomic mass is 10.1. The Kier molecular flexibility index (Phi) is 4.94. The van der Waals surface area contributed by atoms with Gasteiger partial charge in [0.1, 0.15) is 0 Å². The molecule has 0 radical (unpaired) electrons. The van der Waals surface area contributed by atoms with Gasteiger partial charge in [-0.2, -0.15) is 0 Å². The lowest BCUT2D eigenvalue weighted by molar-refractivity contribution is -0.114. The number of Topliss-reactive ketones (excluding diaryl/α,β-unsaturated/α-hetero) is 1. The topological polar surface area (TPSA) is 58.2 Å². The second kappa shape index (κ2) is 6.89. The molecule has 4 heteroatoms. The first kappa shape index (κ1) is 15.8. The number of aryl methyl sites for hydroxylation is 2. The summed E-state index contributed by atoms with van der Waals surface area (Å²) >= 11 is 0. The predicted octanol–water partition coefficient (Wildman–Crippen LogP) is 3.56. The molecule has 0 aromatic heterocycles. The number of para-hydroxylation sites is 1. The third-order valence-electron chi connectivity index (χ3n) is 3.54. The molecule has 0 saturated carbocycles. The summed E-state index contributed by atoms with van der Waals surface area (Å²) in [7, 11) is 0. The lowest BCUT2D eigenvalue weighted by Gasteiger charge is -2.11. The highest BCUT2D eigenvalue weighted by atomic mass is 16.2. The van der Waals surface area contributed by atoms with Gasteiger partial charge < -0.3 is 10.6 Å². The number of hydrogen-bond donors (Lipinski definition) is 2. The van der Waals surface area contributed by atoms with Crippen molar-refractivity contribution in [1.29, 1.82) is 0 Å². The van der Waals surface area contributed by atoms with Crippen LogP contribution in [-0.2, 0) is 4.79 Å². The fraction of sp³-hybridized carbons (Fsp3) is 0.222. The third-order valence-corrected chi connectivity index (χ3v) is 3.54. The van der Waals surface area contributed by atoms with Gasteiger partial charge in [-0.05, 0) is 56.2 Å². The Morgan fingerprint density at radius 1 is 1.00 bits per heavy atom. The summed E-state index contributed by atoms with van der Waals surface area (Å²) in [5.74, 6) is -0.259. The van der Waals surface area contributed by atoms with Crippen molar-refractivity contribution in [1.82, 2.24) is 0 Å². The van der Waals surface area contributed by atoms with Gasteiger partial charge in [-0.1, -0.05) is 18.2 Å². The molecule has 0 saturated heterocycles. The minimum Gasteiger partial charge on any atom is -0.376 e. The molecule has 22 heavy (non-hydrogen) atoms. The van der Waals surface area contributed by atoms with E-state index in [1.165, 1.54) is 18.1 Å². The van der Waals surface area contributed by atoms with Crippen molar-refractivity contribution >= 4 is 23.1 Å². The van der Waals surface area contributed by atoms with Crippen LogP contribution in [0.25, 0.3) is 0 Å². The molecule has 1 amide bonds. The molecule has 2 N–H and O–H groups in total. The molecule has 4 nitrogen and oxygen atoms in total. The summed E-state index contributed by atoms with van der Waals surface area (Å²) in [5, 5.41) is 5.85. The zero-order valence-electron chi connectivity index (χ0n) is 13.1. The molecule has 0 aliphatic heterocycles. The van der Waals surface area contributed by atoms with Gasteiger partial charge >= 0.3 is 0 Å². The van der Waals surface area contributed by atoms with Crippen LogP contribution in [0.1, 0.15) is 28.4 Å². The zero-order chi connectivity index (χ0) is 16.1. The van der Waals surface area contributed by atoms with Crippen molar-refractivity contribution in [2.45, 2.75) is 20.8 Å². The van der Waals surface area contributed by atoms with Crippen LogP contribution >= 0.6 is 0 Å². The minimum atomic E-state index is -0.188. The van der Waals surface area contributed by atoms with Crippen LogP contribution in [0, 0.1) is 13.8 Å². The molecule has 2 aromatic rings. The monoisotopic (exact) mass is 296 g/mol. The molecule has 0 heterocycles. The molecule has 2 rings (SSSR count). The summed E-state index contributed by atoms with van der Waals surface area (Å²) in [6, 6.07) is 13.0. The average Bonchev–Trinajstić information content (AvgIpc) is 2.49. The highest BCUT2D eigenvalue weighted by molar-refractivity contribution is 6.04. The Morgan fingerprint density at radius 3 is 2.41 bits per heavy atom. The Hall–Kier alpha value is -2.62. The normalized spacial score (nSPS) is 10.1. The van der Waals surface area contributed by atoms with Gasteiger partial charge in [-0.3, -0.25) is 9.59 Å². The molecule has 0 unspecified atom stereocenters. The second-order valence-corrected chi connectivity index (χ2v) is 5.30. The standard InChI is InChI=1S/C18H20N2O2/c1-12-8-9-15(10-13(12)2)19-11-18(22)20-17-7-5-4-6-16(17)14(3)21/h4-10,19H,11H2,1-3H3,(H,20,22).